The summed E-state index contributed by atoms with van der Waals surface area (Å²) < 4.78 is 11.3. The van der Waals surface area contributed by atoms with E-state index in [0.29, 0.717) is 11.6 Å². The van der Waals surface area contributed by atoms with Gasteiger partial charge in [0.2, 0.25) is 5.91 Å². The van der Waals surface area contributed by atoms with Gasteiger partial charge in [-0.25, -0.2) is 0 Å². The summed E-state index contributed by atoms with van der Waals surface area (Å²) in [7, 11) is 0. The van der Waals surface area contributed by atoms with Crippen LogP contribution in [0.15, 0.2) is 48.5 Å². The molecule has 0 aromatic heterocycles. The molecule has 2 aromatic carbocycles. The van der Waals surface area contributed by atoms with Gasteiger partial charge in [-0.3, -0.25) is 9.69 Å². The van der Waals surface area contributed by atoms with Crippen molar-refractivity contribution in [3.05, 3.63) is 59.1 Å². The highest BCUT2D eigenvalue weighted by molar-refractivity contribution is 6.30. The predicted molar refractivity (Wildman–Crippen MR) is 129 cm³/mol. The van der Waals surface area contributed by atoms with Gasteiger partial charge < -0.3 is 14.8 Å². The number of carbonyl (C=O) groups excluding carboxylic acids is 1. The van der Waals surface area contributed by atoms with Crippen LogP contribution in [-0.4, -0.2) is 50.3 Å². The third kappa shape index (κ3) is 5.83. The second kappa shape index (κ2) is 11.2. The molecule has 0 spiro atoms. The molecule has 0 atom stereocenters. The molecule has 1 saturated heterocycles. The van der Waals surface area contributed by atoms with Crippen molar-refractivity contribution in [3.8, 4) is 5.75 Å². The van der Waals surface area contributed by atoms with Crippen molar-refractivity contribution < 1.29 is 14.3 Å². The number of nitrogens with zero attached hydrogens (tertiary/aromatic N) is 1. The van der Waals surface area contributed by atoms with Crippen LogP contribution in [0.1, 0.15) is 44.1 Å². The van der Waals surface area contributed by atoms with Crippen LogP contribution in [0.4, 0.5) is 5.69 Å². The van der Waals surface area contributed by atoms with E-state index in [-0.39, 0.29) is 5.91 Å². The molecule has 0 unspecified atom stereocenters. The molecule has 2 aliphatic rings. The van der Waals surface area contributed by atoms with Crippen LogP contribution in [0.5, 0.6) is 5.75 Å². The lowest BCUT2D eigenvalue weighted by Gasteiger charge is -2.36. The lowest BCUT2D eigenvalue weighted by molar-refractivity contribution is -0.122. The monoisotopic (exact) mass is 456 g/mol. The van der Waals surface area contributed by atoms with Crippen LogP contribution >= 0.6 is 11.6 Å². The largest absolute Gasteiger partial charge is 0.494 e. The zero-order valence-corrected chi connectivity index (χ0v) is 19.4. The van der Waals surface area contributed by atoms with E-state index in [9.17, 15) is 4.79 Å². The normalized spacial score (nSPS) is 18.8. The van der Waals surface area contributed by atoms with Gasteiger partial charge in [0.05, 0.1) is 25.2 Å². The molecule has 1 heterocycles. The first kappa shape index (κ1) is 23.1. The standard InChI is InChI=1S/C26H33ClN2O3/c27-22-7-5-21(6-8-22)26(13-2-1-3-14-26)25(30)28-23-9-11-24(12-10-23)32-18-4-15-29-16-19-31-20-17-29/h5-12H,1-4,13-20H2,(H,28,30). The number of carbonyl (C=O) groups is 1. The first-order valence-corrected chi connectivity index (χ1v) is 12.1. The molecular weight excluding hydrogens is 424 g/mol. The Hall–Kier alpha value is -2.08. The molecule has 0 bridgehead atoms. The molecule has 1 N–H and O–H groups in total. The van der Waals surface area contributed by atoms with Crippen molar-refractivity contribution in [2.75, 3.05) is 44.8 Å². The minimum atomic E-state index is -0.489. The molecule has 32 heavy (non-hydrogen) atoms. The summed E-state index contributed by atoms with van der Waals surface area (Å²) in [5.41, 5.74) is 1.37. The fourth-order valence-corrected chi connectivity index (χ4v) is 4.89. The molecule has 5 nitrogen and oxygen atoms in total. The minimum Gasteiger partial charge on any atom is -0.494 e. The van der Waals surface area contributed by atoms with Crippen molar-refractivity contribution in [1.82, 2.24) is 4.90 Å². The lowest BCUT2D eigenvalue weighted by Crippen LogP contribution is -2.42. The fourth-order valence-electron chi connectivity index (χ4n) is 4.76. The van der Waals surface area contributed by atoms with Crippen LogP contribution < -0.4 is 10.1 Å². The SMILES string of the molecule is O=C(Nc1ccc(OCCCN2CCOCC2)cc1)C1(c2ccc(Cl)cc2)CCCCC1. The average molecular weight is 457 g/mol. The molecule has 1 aliphatic heterocycles. The molecule has 1 saturated carbocycles. The zero-order valence-electron chi connectivity index (χ0n) is 18.7. The summed E-state index contributed by atoms with van der Waals surface area (Å²) in [6.07, 6.45) is 6.03. The summed E-state index contributed by atoms with van der Waals surface area (Å²) in [5.74, 6) is 0.897. The van der Waals surface area contributed by atoms with E-state index in [1.54, 1.807) is 0 Å². The van der Waals surface area contributed by atoms with E-state index in [4.69, 9.17) is 21.1 Å². The smallest absolute Gasteiger partial charge is 0.235 e. The third-order valence-electron chi connectivity index (χ3n) is 6.64. The number of halogens is 1. The molecule has 6 heteroatoms. The second-order valence-corrected chi connectivity index (χ2v) is 9.22. The molecular formula is C26H33ClN2O3. The minimum absolute atomic E-state index is 0.0682. The van der Waals surface area contributed by atoms with Gasteiger partial charge in [-0.2, -0.15) is 0 Å². The topological polar surface area (TPSA) is 50.8 Å². The van der Waals surface area contributed by atoms with Crippen LogP contribution in [0.25, 0.3) is 0 Å². The van der Waals surface area contributed by atoms with Crippen LogP contribution in [0, 0.1) is 0 Å². The van der Waals surface area contributed by atoms with E-state index in [1.807, 2.05) is 48.5 Å². The maximum absolute atomic E-state index is 13.4. The van der Waals surface area contributed by atoms with E-state index in [2.05, 4.69) is 10.2 Å². The number of hydrogen-bond acceptors (Lipinski definition) is 4. The van der Waals surface area contributed by atoms with Crippen LogP contribution in [-0.2, 0) is 14.9 Å². The Morgan fingerprint density at radius 2 is 1.69 bits per heavy atom. The first-order chi connectivity index (χ1) is 15.7. The molecule has 172 valence electrons. The van der Waals surface area contributed by atoms with E-state index in [0.717, 1.165) is 82.0 Å². The Morgan fingerprint density at radius 1 is 1.00 bits per heavy atom. The number of ether oxygens (including phenoxy) is 2. The van der Waals surface area contributed by atoms with Crippen molar-refractivity contribution in [3.63, 3.8) is 0 Å². The Morgan fingerprint density at radius 3 is 2.38 bits per heavy atom. The predicted octanol–water partition coefficient (Wildman–Crippen LogP) is 5.28. The number of hydrogen-bond donors (Lipinski definition) is 1. The third-order valence-corrected chi connectivity index (χ3v) is 6.89. The quantitative estimate of drug-likeness (QED) is 0.549. The summed E-state index contributed by atoms with van der Waals surface area (Å²) in [6.45, 7) is 5.38. The number of nitrogens with one attached hydrogen (secondary N) is 1. The van der Waals surface area contributed by atoms with Gasteiger partial charge in [0.15, 0.2) is 0 Å². The molecule has 0 radical (unpaired) electrons. The Bertz CT molecular complexity index is 858. The number of morpholine rings is 1. The van der Waals surface area contributed by atoms with Gasteiger partial charge in [-0.05, 0) is 61.2 Å². The summed E-state index contributed by atoms with van der Waals surface area (Å²) in [4.78, 5) is 15.8. The van der Waals surface area contributed by atoms with E-state index in [1.165, 1.54) is 6.42 Å². The maximum atomic E-state index is 13.4. The van der Waals surface area contributed by atoms with Crippen molar-refractivity contribution in [2.24, 2.45) is 0 Å². The molecule has 1 amide bonds. The van der Waals surface area contributed by atoms with Crippen LogP contribution in [0.2, 0.25) is 5.02 Å². The second-order valence-electron chi connectivity index (χ2n) is 8.78. The lowest BCUT2D eigenvalue weighted by atomic mass is 9.68. The number of rotatable bonds is 8. The summed E-state index contributed by atoms with van der Waals surface area (Å²) in [6, 6.07) is 15.5. The summed E-state index contributed by atoms with van der Waals surface area (Å²) >= 11 is 6.09. The first-order valence-electron chi connectivity index (χ1n) is 11.8. The molecule has 2 aromatic rings. The fraction of sp³-hybridized carbons (Fsp3) is 0.500. The van der Waals surface area contributed by atoms with Gasteiger partial charge in [-0.1, -0.05) is 43.0 Å². The number of amides is 1. The van der Waals surface area contributed by atoms with Crippen LogP contribution in [0.3, 0.4) is 0 Å². The van der Waals surface area contributed by atoms with Crippen molar-refractivity contribution in [1.29, 1.82) is 0 Å². The average Bonchev–Trinajstić information content (AvgIpc) is 2.84. The van der Waals surface area contributed by atoms with E-state index < -0.39 is 5.41 Å². The molecule has 4 rings (SSSR count). The number of anilines is 1. The zero-order chi connectivity index (χ0) is 22.2. The highest BCUT2D eigenvalue weighted by Gasteiger charge is 2.41. The maximum Gasteiger partial charge on any atom is 0.235 e. The molecule has 2 fully saturated rings. The highest BCUT2D eigenvalue weighted by atomic mass is 35.5. The summed E-state index contributed by atoms with van der Waals surface area (Å²) in [5, 5.41) is 3.85. The Balaban J connectivity index is 1.32. The van der Waals surface area contributed by atoms with Gasteiger partial charge in [-0.15, -0.1) is 0 Å². The van der Waals surface area contributed by atoms with Crippen molar-refractivity contribution >= 4 is 23.2 Å². The van der Waals surface area contributed by atoms with Gasteiger partial charge >= 0.3 is 0 Å². The van der Waals surface area contributed by atoms with Gasteiger partial charge in [0.25, 0.3) is 0 Å². The van der Waals surface area contributed by atoms with Gasteiger partial charge in [0.1, 0.15) is 5.75 Å². The highest BCUT2D eigenvalue weighted by Crippen LogP contribution is 2.41. The Kier molecular flexibility index (Phi) is 8.06. The van der Waals surface area contributed by atoms with Gasteiger partial charge in [0, 0.05) is 30.3 Å². The van der Waals surface area contributed by atoms with E-state index >= 15 is 0 Å². The molecule has 1 aliphatic carbocycles. The van der Waals surface area contributed by atoms with Crippen molar-refractivity contribution in [2.45, 2.75) is 43.9 Å². The Labute approximate surface area is 196 Å². The number of benzene rings is 2.